The second-order valence-electron chi connectivity index (χ2n) is 12.2. The van der Waals surface area contributed by atoms with E-state index in [4.69, 9.17) is 46.1 Å². The summed E-state index contributed by atoms with van der Waals surface area (Å²) in [6.07, 6.45) is 1.90. The second-order valence-corrected chi connectivity index (χ2v) is 19.6. The molecule has 2 unspecified atom stereocenters. The summed E-state index contributed by atoms with van der Waals surface area (Å²) in [4.78, 5) is 64.0. The van der Waals surface area contributed by atoms with E-state index in [0.29, 0.717) is 65.8 Å². The third kappa shape index (κ3) is 30.3. The molecule has 0 aliphatic carbocycles. The number of carbonyl (C=O) groups excluding carboxylic acids is 2. The van der Waals surface area contributed by atoms with E-state index in [0.717, 1.165) is 25.8 Å². The molecular formula is C28H55BN3O18P3S2. The Kier molecular flexibility index (Phi) is 27.6. The minimum atomic E-state index is -5.65. The van der Waals surface area contributed by atoms with Crippen LogP contribution < -0.4 is 10.6 Å². The number of unbranched alkanes of at least 4 members (excludes halogenated alkanes) is 2. The van der Waals surface area contributed by atoms with Gasteiger partial charge in [-0.2, -0.15) is 8.62 Å². The number of aliphatic imine (C=N–C) groups is 1. The van der Waals surface area contributed by atoms with Gasteiger partial charge in [0.2, 0.25) is 11.8 Å². The van der Waals surface area contributed by atoms with E-state index in [1.165, 1.54) is 21.6 Å². The van der Waals surface area contributed by atoms with Gasteiger partial charge in [-0.15, -0.1) is 0 Å². The van der Waals surface area contributed by atoms with Gasteiger partial charge in [-0.05, 0) is 39.8 Å². The van der Waals surface area contributed by atoms with Crippen molar-refractivity contribution in [1.29, 1.82) is 0 Å². The number of phosphoric acid groups is 3. The third-order valence-corrected chi connectivity index (χ3v) is 13.5. The summed E-state index contributed by atoms with van der Waals surface area (Å²) in [6, 6.07) is -0.803. The molecule has 5 atom stereocenters. The van der Waals surface area contributed by atoms with Crippen molar-refractivity contribution in [2.24, 2.45) is 4.99 Å². The lowest BCUT2D eigenvalue weighted by atomic mass is 9.96. The molecule has 1 aliphatic heterocycles. The summed E-state index contributed by atoms with van der Waals surface area (Å²) in [5, 5.41) is 5.68. The van der Waals surface area contributed by atoms with E-state index >= 15 is 0 Å². The molecule has 320 valence electrons. The van der Waals surface area contributed by atoms with E-state index in [-0.39, 0.29) is 37.2 Å². The number of carbonyl (C=O) groups is 2. The highest BCUT2D eigenvalue weighted by atomic mass is 33.1. The lowest BCUT2D eigenvalue weighted by Crippen LogP contribution is -2.36. The van der Waals surface area contributed by atoms with Crippen molar-refractivity contribution < 1.29 is 84.4 Å². The van der Waals surface area contributed by atoms with Crippen LogP contribution in [0.2, 0.25) is 0 Å². The number of amides is 2. The lowest BCUT2D eigenvalue weighted by Gasteiger charge is -2.24. The van der Waals surface area contributed by atoms with Crippen LogP contribution >= 0.6 is 45.1 Å². The number of ether oxygens (including phenoxy) is 6. The summed E-state index contributed by atoms with van der Waals surface area (Å²) in [5.41, 5.74) is 0. The quantitative estimate of drug-likeness (QED) is 0.0133. The van der Waals surface area contributed by atoms with Gasteiger partial charge in [0.1, 0.15) is 19.9 Å². The minimum Gasteiger partial charge on any atom is -0.380 e. The zero-order valence-corrected chi connectivity index (χ0v) is 35.4. The SMILES string of the molecule is [B][C@H]1C[C@@H](OCSSC(C)(C)CNC(=O)CCOCCOCCOCCOCCNC(=O)CCCCCN=C)[C@@H](COP(=O)(O)OP(=O)(O)OP(=O)(O)O)O1. The summed E-state index contributed by atoms with van der Waals surface area (Å²) < 4.78 is 78.9. The molecule has 2 amide bonds. The minimum absolute atomic E-state index is 0.0147. The molecule has 2 radical (unpaired) electrons. The molecule has 27 heteroatoms. The summed E-state index contributed by atoms with van der Waals surface area (Å²) in [7, 11) is -7.95. The molecule has 1 rings (SSSR count). The van der Waals surface area contributed by atoms with Gasteiger partial charge in [-0.1, -0.05) is 28.0 Å². The van der Waals surface area contributed by atoms with Gasteiger partial charge in [0.25, 0.3) is 0 Å². The van der Waals surface area contributed by atoms with Gasteiger partial charge >= 0.3 is 23.5 Å². The number of hydrogen-bond acceptors (Lipinski definition) is 17. The Balaban J connectivity index is 2.06. The zero-order chi connectivity index (χ0) is 41.2. The van der Waals surface area contributed by atoms with Crippen LogP contribution in [0.4, 0.5) is 0 Å². The van der Waals surface area contributed by atoms with Crippen molar-refractivity contribution >= 4 is 71.4 Å². The largest absolute Gasteiger partial charge is 0.490 e. The Morgan fingerprint density at radius 1 is 0.855 bits per heavy atom. The van der Waals surface area contributed by atoms with Gasteiger partial charge in [0, 0.05) is 43.2 Å². The molecule has 1 saturated heterocycles. The maximum absolute atomic E-state index is 12.3. The number of rotatable bonds is 35. The smallest absolute Gasteiger partial charge is 0.380 e. The average Bonchev–Trinajstić information content (AvgIpc) is 3.43. The van der Waals surface area contributed by atoms with Gasteiger partial charge in [0.05, 0.1) is 65.6 Å². The first-order chi connectivity index (χ1) is 25.8. The predicted octanol–water partition coefficient (Wildman–Crippen LogP) is 2.07. The van der Waals surface area contributed by atoms with E-state index < -0.39 is 53.0 Å². The predicted molar refractivity (Wildman–Crippen MR) is 205 cm³/mol. The Bertz CT molecular complexity index is 1260. The lowest BCUT2D eigenvalue weighted by molar-refractivity contribution is -0.122. The fourth-order valence-corrected chi connectivity index (χ4v) is 9.44. The third-order valence-electron chi connectivity index (χ3n) is 6.75. The normalized spacial score (nSPS) is 19.8. The number of hydrogen-bond donors (Lipinski definition) is 6. The molecule has 1 fully saturated rings. The van der Waals surface area contributed by atoms with Gasteiger partial charge in [-0.3, -0.25) is 14.1 Å². The highest BCUT2D eigenvalue weighted by molar-refractivity contribution is 8.77. The van der Waals surface area contributed by atoms with Crippen LogP contribution in [0.5, 0.6) is 0 Å². The van der Waals surface area contributed by atoms with E-state index in [1.807, 2.05) is 13.8 Å². The van der Waals surface area contributed by atoms with Crippen LogP contribution in [-0.2, 0) is 64.9 Å². The van der Waals surface area contributed by atoms with Crippen LogP contribution in [-0.4, -0.2) is 154 Å². The Hall–Kier alpha value is -0.455. The van der Waals surface area contributed by atoms with Crippen molar-refractivity contribution in [1.82, 2.24) is 10.6 Å². The van der Waals surface area contributed by atoms with Crippen molar-refractivity contribution in [2.45, 2.75) is 75.3 Å². The van der Waals surface area contributed by atoms with Crippen molar-refractivity contribution in [2.75, 3.05) is 85.0 Å². The first-order valence-electron chi connectivity index (χ1n) is 17.2. The fourth-order valence-electron chi connectivity index (χ4n) is 4.23. The number of nitrogens with one attached hydrogen (secondary N) is 2. The van der Waals surface area contributed by atoms with Crippen molar-refractivity contribution in [3.05, 3.63) is 0 Å². The van der Waals surface area contributed by atoms with E-state index in [9.17, 15) is 33.1 Å². The number of nitrogens with zero attached hydrogens (tertiary/aromatic N) is 1. The van der Waals surface area contributed by atoms with Crippen molar-refractivity contribution in [3.8, 4) is 0 Å². The second kappa shape index (κ2) is 28.9. The first kappa shape index (κ1) is 52.6. The Morgan fingerprint density at radius 3 is 2.07 bits per heavy atom. The molecule has 21 nitrogen and oxygen atoms in total. The summed E-state index contributed by atoms with van der Waals surface area (Å²) in [5.74, 6) is -0.0396. The van der Waals surface area contributed by atoms with Crippen molar-refractivity contribution in [3.63, 3.8) is 0 Å². The van der Waals surface area contributed by atoms with Crippen LogP contribution in [0.25, 0.3) is 0 Å². The average molecular weight is 890 g/mol. The van der Waals surface area contributed by atoms with Gasteiger partial charge < -0.3 is 63.6 Å². The van der Waals surface area contributed by atoms with E-state index in [2.05, 4.69) is 35.5 Å². The molecule has 1 heterocycles. The van der Waals surface area contributed by atoms with Crippen LogP contribution in [0.3, 0.4) is 0 Å². The topological polar surface area (TPSA) is 286 Å². The Labute approximate surface area is 331 Å². The van der Waals surface area contributed by atoms with Gasteiger partial charge in [0.15, 0.2) is 0 Å². The molecule has 0 aromatic rings. The molecule has 0 aromatic heterocycles. The standard InChI is InChI=1S/C28H55BN3O18P3S2/c1-28(2,55-54-22-46-23-19-25(29)48-24(23)20-47-52(38,39)50-53(40,41)49-51(35,36)37)21-32-27(34)8-11-42-13-15-44-17-18-45-16-14-43-12-10-31-26(33)7-5-4-6-9-30-3/h23-25H,3-22H2,1-2H3,(H,31,33)(H,32,34)(H,38,39)(H,40,41)(H2,35,36,37)/t23-,24-,25-/m1/s1. The van der Waals surface area contributed by atoms with E-state index in [1.54, 1.807) is 0 Å². The molecule has 0 aromatic carbocycles. The first-order valence-corrected chi connectivity index (χ1v) is 24.1. The molecule has 55 heavy (non-hydrogen) atoms. The highest BCUT2D eigenvalue weighted by Gasteiger charge is 2.42. The number of phosphoric ester groups is 1. The monoisotopic (exact) mass is 889 g/mol. The summed E-state index contributed by atoms with van der Waals surface area (Å²) in [6.45, 7) is 11.0. The highest BCUT2D eigenvalue weighted by Crippen LogP contribution is 2.66. The van der Waals surface area contributed by atoms with Crippen LogP contribution in [0.15, 0.2) is 4.99 Å². The zero-order valence-electron chi connectivity index (χ0n) is 31.1. The maximum Gasteiger partial charge on any atom is 0.490 e. The molecule has 0 spiro atoms. The Morgan fingerprint density at radius 2 is 1.45 bits per heavy atom. The molecule has 0 bridgehead atoms. The molecule has 0 saturated carbocycles. The molecule has 6 N–H and O–H groups in total. The maximum atomic E-state index is 12.3. The fraction of sp³-hybridized carbons (Fsp3) is 0.893. The molecular weight excluding hydrogens is 834 g/mol. The van der Waals surface area contributed by atoms with Crippen LogP contribution in [0, 0.1) is 0 Å². The van der Waals surface area contributed by atoms with Crippen LogP contribution in [0.1, 0.15) is 52.4 Å². The molecule has 1 aliphatic rings. The van der Waals surface area contributed by atoms with Gasteiger partial charge in [-0.25, -0.2) is 13.7 Å². The summed E-state index contributed by atoms with van der Waals surface area (Å²) >= 11 is 0.